The first kappa shape index (κ1) is 25.8. The summed E-state index contributed by atoms with van der Waals surface area (Å²) < 4.78 is 0. The minimum Gasteiger partial charge on any atom is -0.348 e. The van der Waals surface area contributed by atoms with Gasteiger partial charge in [-0.1, -0.05) is 32.0 Å². The van der Waals surface area contributed by atoms with E-state index in [0.29, 0.717) is 12.2 Å². The molecule has 1 aromatic carbocycles. The molecule has 1 heterocycles. The number of nitrogens with one attached hydrogen (secondary N) is 2. The van der Waals surface area contributed by atoms with Crippen LogP contribution in [-0.2, 0) is 6.54 Å². The Bertz CT molecular complexity index is 836. The Morgan fingerprint density at radius 1 is 1.09 bits per heavy atom. The lowest BCUT2D eigenvalue weighted by atomic mass is 10.1. The second-order valence-corrected chi connectivity index (χ2v) is 9.13. The average Bonchev–Trinajstić information content (AvgIpc) is 3.24. The summed E-state index contributed by atoms with van der Waals surface area (Å²) in [5.41, 5.74) is 1.16. The third kappa shape index (κ3) is 8.24. The van der Waals surface area contributed by atoms with Crippen molar-refractivity contribution in [3.8, 4) is 0 Å². The van der Waals surface area contributed by atoms with Gasteiger partial charge in [-0.2, -0.15) is 0 Å². The first-order chi connectivity index (χ1) is 15.3. The average molecular weight is 460 g/mol. The molecule has 1 unspecified atom stereocenters. The van der Waals surface area contributed by atoms with Crippen molar-refractivity contribution >= 4 is 29.0 Å². The number of nitrogens with zero attached hydrogens (tertiary/aromatic N) is 3. The lowest BCUT2D eigenvalue weighted by molar-refractivity contribution is 0.0932. The number of hydrogen-bond acceptors (Lipinski definition) is 5. The van der Waals surface area contributed by atoms with Crippen LogP contribution in [0, 0.1) is 0 Å². The summed E-state index contributed by atoms with van der Waals surface area (Å²) in [6.07, 6.45) is 1.98. The van der Waals surface area contributed by atoms with Crippen LogP contribution >= 0.6 is 11.3 Å². The number of para-hydroxylation sites is 1. The molecule has 1 atom stereocenters. The van der Waals surface area contributed by atoms with Crippen molar-refractivity contribution in [1.82, 2.24) is 20.1 Å². The molecule has 1 aromatic heterocycles. The van der Waals surface area contributed by atoms with Crippen molar-refractivity contribution in [2.45, 2.75) is 66.1 Å². The fourth-order valence-corrected chi connectivity index (χ4v) is 4.14. The number of hydrogen-bond donors (Lipinski definition) is 2. The Balaban J connectivity index is 1.89. The molecular formula is C24H37N5O2S. The van der Waals surface area contributed by atoms with E-state index in [0.717, 1.165) is 43.2 Å². The Labute approximate surface area is 196 Å². The molecule has 2 aromatic rings. The fraction of sp³-hybridized carbons (Fsp3) is 0.542. The number of benzene rings is 1. The normalized spacial score (nSPS) is 12.1. The van der Waals surface area contributed by atoms with E-state index >= 15 is 0 Å². The van der Waals surface area contributed by atoms with Gasteiger partial charge in [0.25, 0.3) is 5.91 Å². The minimum absolute atomic E-state index is 0.00859. The Kier molecular flexibility index (Phi) is 10.6. The van der Waals surface area contributed by atoms with Gasteiger partial charge in [0, 0.05) is 23.2 Å². The van der Waals surface area contributed by atoms with Crippen LogP contribution in [0.3, 0.4) is 0 Å². The predicted molar refractivity (Wildman–Crippen MR) is 132 cm³/mol. The van der Waals surface area contributed by atoms with Crippen LogP contribution in [0.25, 0.3) is 0 Å². The molecule has 0 saturated heterocycles. The molecular weight excluding hydrogens is 422 g/mol. The zero-order valence-electron chi connectivity index (χ0n) is 19.9. The molecule has 3 amide bonds. The van der Waals surface area contributed by atoms with E-state index in [1.54, 1.807) is 10.3 Å². The van der Waals surface area contributed by atoms with Crippen LogP contribution in [0.4, 0.5) is 10.5 Å². The van der Waals surface area contributed by atoms with Gasteiger partial charge in [-0.25, -0.2) is 9.78 Å². The lowest BCUT2D eigenvalue weighted by Gasteiger charge is -2.26. The molecule has 2 rings (SSSR count). The predicted octanol–water partition coefficient (Wildman–Crippen LogP) is 4.83. The van der Waals surface area contributed by atoms with Crippen molar-refractivity contribution in [3.05, 3.63) is 46.4 Å². The summed E-state index contributed by atoms with van der Waals surface area (Å²) in [4.78, 5) is 33.9. The van der Waals surface area contributed by atoms with Gasteiger partial charge in [0.2, 0.25) is 0 Å². The number of thiazole rings is 1. The van der Waals surface area contributed by atoms with E-state index in [2.05, 4.69) is 34.4 Å². The quantitative estimate of drug-likeness (QED) is 0.477. The van der Waals surface area contributed by atoms with Crippen LogP contribution in [0.5, 0.6) is 0 Å². The molecule has 0 radical (unpaired) electrons. The van der Waals surface area contributed by atoms with Crippen LogP contribution in [0.15, 0.2) is 35.7 Å². The van der Waals surface area contributed by atoms with Gasteiger partial charge >= 0.3 is 6.03 Å². The van der Waals surface area contributed by atoms with Crippen LogP contribution in [0.1, 0.15) is 63.0 Å². The SMILES string of the molecule is CCN(CC)CCCC(C)NC(=O)c1csc(CN(C(=O)Nc2ccccc2)C(C)C)n1. The maximum Gasteiger partial charge on any atom is 0.322 e. The number of amides is 3. The third-order valence-electron chi connectivity index (χ3n) is 5.38. The molecule has 32 heavy (non-hydrogen) atoms. The zero-order chi connectivity index (χ0) is 23.5. The standard InChI is InChI=1S/C24H37N5O2S/c1-6-28(7-2)15-11-12-19(5)25-23(30)21-17-32-22(27-21)16-29(18(3)4)24(31)26-20-13-9-8-10-14-20/h8-10,13-14,17-19H,6-7,11-12,15-16H2,1-5H3,(H,25,30)(H,26,31). The van der Waals surface area contributed by atoms with Crippen molar-refractivity contribution < 1.29 is 9.59 Å². The first-order valence-electron chi connectivity index (χ1n) is 11.4. The second-order valence-electron chi connectivity index (χ2n) is 8.19. The van der Waals surface area contributed by atoms with Gasteiger partial charge in [-0.05, 0) is 65.4 Å². The number of carbonyl (C=O) groups excluding carboxylic acids is 2. The molecule has 0 aliphatic rings. The molecule has 0 saturated carbocycles. The summed E-state index contributed by atoms with van der Waals surface area (Å²) in [6, 6.07) is 9.27. The maximum atomic E-state index is 12.7. The van der Waals surface area contributed by atoms with E-state index < -0.39 is 0 Å². The van der Waals surface area contributed by atoms with Gasteiger partial charge in [0.15, 0.2) is 0 Å². The smallest absolute Gasteiger partial charge is 0.322 e. The highest BCUT2D eigenvalue weighted by Crippen LogP contribution is 2.16. The van der Waals surface area contributed by atoms with Crippen molar-refractivity contribution in [3.63, 3.8) is 0 Å². The van der Waals surface area contributed by atoms with E-state index in [-0.39, 0.29) is 24.0 Å². The zero-order valence-corrected chi connectivity index (χ0v) is 20.7. The molecule has 0 fully saturated rings. The van der Waals surface area contributed by atoms with Gasteiger partial charge in [-0.15, -0.1) is 11.3 Å². The summed E-state index contributed by atoms with van der Waals surface area (Å²) in [5, 5.41) is 8.46. The monoisotopic (exact) mass is 459 g/mol. The van der Waals surface area contributed by atoms with Gasteiger partial charge in [0.1, 0.15) is 10.7 Å². The molecule has 0 spiro atoms. The van der Waals surface area contributed by atoms with Gasteiger partial charge < -0.3 is 20.4 Å². The summed E-state index contributed by atoms with van der Waals surface area (Å²) in [7, 11) is 0. The third-order valence-corrected chi connectivity index (χ3v) is 6.22. The molecule has 0 aliphatic heterocycles. The summed E-state index contributed by atoms with van der Waals surface area (Å²) in [5.74, 6) is -0.160. The number of aromatic nitrogens is 1. The molecule has 176 valence electrons. The highest BCUT2D eigenvalue weighted by molar-refractivity contribution is 7.09. The molecule has 2 N–H and O–H groups in total. The van der Waals surface area contributed by atoms with Crippen LogP contribution in [-0.4, -0.2) is 58.4 Å². The largest absolute Gasteiger partial charge is 0.348 e. The fourth-order valence-electron chi connectivity index (χ4n) is 3.37. The number of urea groups is 1. The summed E-state index contributed by atoms with van der Waals surface area (Å²) in [6.45, 7) is 13.8. The second kappa shape index (κ2) is 13.2. The first-order valence-corrected chi connectivity index (χ1v) is 12.3. The molecule has 7 nitrogen and oxygen atoms in total. The van der Waals surface area contributed by atoms with Crippen molar-refractivity contribution in [2.24, 2.45) is 0 Å². The molecule has 0 bridgehead atoms. The Hall–Kier alpha value is -2.45. The number of carbonyl (C=O) groups is 2. The van der Waals surface area contributed by atoms with Gasteiger partial charge in [0.05, 0.1) is 6.54 Å². The van der Waals surface area contributed by atoms with Crippen LogP contribution in [0.2, 0.25) is 0 Å². The highest BCUT2D eigenvalue weighted by atomic mass is 32.1. The van der Waals surface area contributed by atoms with E-state index in [4.69, 9.17) is 0 Å². The van der Waals surface area contributed by atoms with Gasteiger partial charge in [-0.3, -0.25) is 4.79 Å². The molecule has 8 heteroatoms. The molecule has 0 aliphatic carbocycles. The van der Waals surface area contributed by atoms with Crippen molar-refractivity contribution in [1.29, 1.82) is 0 Å². The van der Waals surface area contributed by atoms with Crippen LogP contribution < -0.4 is 10.6 Å². The highest BCUT2D eigenvalue weighted by Gasteiger charge is 2.20. The number of rotatable bonds is 12. The topological polar surface area (TPSA) is 77.6 Å². The number of anilines is 1. The Morgan fingerprint density at radius 3 is 2.41 bits per heavy atom. The summed E-state index contributed by atoms with van der Waals surface area (Å²) >= 11 is 1.40. The van der Waals surface area contributed by atoms with E-state index in [9.17, 15) is 9.59 Å². The van der Waals surface area contributed by atoms with E-state index in [1.165, 1.54) is 11.3 Å². The maximum absolute atomic E-state index is 12.7. The minimum atomic E-state index is -0.186. The Morgan fingerprint density at radius 2 is 1.78 bits per heavy atom. The van der Waals surface area contributed by atoms with Crippen molar-refractivity contribution in [2.75, 3.05) is 25.0 Å². The lowest BCUT2D eigenvalue weighted by Crippen LogP contribution is -2.39. The van der Waals surface area contributed by atoms with E-state index in [1.807, 2.05) is 51.1 Å².